The van der Waals surface area contributed by atoms with E-state index in [0.717, 1.165) is 16.3 Å². The first-order chi connectivity index (χ1) is 6.31. The van der Waals surface area contributed by atoms with Crippen LogP contribution in [0.4, 0.5) is 5.69 Å². The Bertz CT molecular complexity index is 372. The molecule has 0 aliphatic carbocycles. The van der Waals surface area contributed by atoms with Crippen molar-refractivity contribution in [3.8, 4) is 6.07 Å². The van der Waals surface area contributed by atoms with Crippen molar-refractivity contribution in [3.63, 3.8) is 0 Å². The molecule has 0 bridgehead atoms. The van der Waals surface area contributed by atoms with Crippen molar-refractivity contribution in [2.24, 2.45) is 0 Å². The van der Waals surface area contributed by atoms with Gasteiger partial charge in [-0.3, -0.25) is 0 Å². The van der Waals surface area contributed by atoms with Gasteiger partial charge in [0, 0.05) is 10.6 Å². The lowest BCUT2D eigenvalue weighted by Crippen LogP contribution is -2.23. The predicted molar refractivity (Wildman–Crippen MR) is 55.2 cm³/mol. The van der Waals surface area contributed by atoms with E-state index < -0.39 is 0 Å². The maximum absolute atomic E-state index is 8.74. The fourth-order valence-corrected chi connectivity index (χ4v) is 2.50. The highest BCUT2D eigenvalue weighted by atomic mass is 35.5. The zero-order chi connectivity index (χ0) is 9.26. The smallest absolute Gasteiger partial charge is 0.124 e. The summed E-state index contributed by atoms with van der Waals surface area (Å²) in [6.07, 6.45) is 0. The lowest BCUT2D eigenvalue weighted by molar-refractivity contribution is 0.998. The minimum absolute atomic E-state index is 0.127. The third-order valence-corrected chi connectivity index (χ3v) is 3.32. The van der Waals surface area contributed by atoms with Gasteiger partial charge in [0.15, 0.2) is 0 Å². The molecule has 1 heterocycles. The first-order valence-electron chi connectivity index (χ1n) is 3.89. The molecular weight excluding hydrogens is 204 g/mol. The van der Waals surface area contributed by atoms with Gasteiger partial charge in [0.1, 0.15) is 6.04 Å². The van der Waals surface area contributed by atoms with Gasteiger partial charge in [-0.1, -0.05) is 17.7 Å². The highest BCUT2D eigenvalue weighted by molar-refractivity contribution is 7.99. The van der Waals surface area contributed by atoms with E-state index >= 15 is 0 Å². The number of para-hydroxylation sites is 1. The molecule has 0 spiro atoms. The molecule has 0 amide bonds. The molecule has 2 rings (SSSR count). The first-order valence-corrected chi connectivity index (χ1v) is 5.25. The summed E-state index contributed by atoms with van der Waals surface area (Å²) in [6.45, 7) is 0. The SMILES string of the molecule is N#CC1CSc2cccc(Cl)c2N1. The van der Waals surface area contributed by atoms with Crippen LogP contribution >= 0.6 is 23.4 Å². The number of nitrogens with one attached hydrogen (secondary N) is 1. The van der Waals surface area contributed by atoms with E-state index in [-0.39, 0.29) is 6.04 Å². The van der Waals surface area contributed by atoms with Crippen LogP contribution in [0.1, 0.15) is 0 Å². The van der Waals surface area contributed by atoms with Crippen molar-refractivity contribution in [3.05, 3.63) is 23.2 Å². The number of rotatable bonds is 0. The number of benzene rings is 1. The quantitative estimate of drug-likeness (QED) is 0.715. The van der Waals surface area contributed by atoms with Gasteiger partial charge in [-0.25, -0.2) is 0 Å². The van der Waals surface area contributed by atoms with Gasteiger partial charge in [-0.05, 0) is 12.1 Å². The summed E-state index contributed by atoms with van der Waals surface area (Å²) in [6, 6.07) is 7.81. The molecule has 1 atom stereocenters. The second kappa shape index (κ2) is 3.49. The summed E-state index contributed by atoms with van der Waals surface area (Å²) in [5.41, 5.74) is 0.895. The summed E-state index contributed by atoms with van der Waals surface area (Å²) in [5.74, 6) is 0.782. The van der Waals surface area contributed by atoms with Crippen molar-refractivity contribution in [1.29, 1.82) is 5.26 Å². The van der Waals surface area contributed by atoms with Crippen molar-refractivity contribution in [2.45, 2.75) is 10.9 Å². The van der Waals surface area contributed by atoms with Crippen LogP contribution in [-0.4, -0.2) is 11.8 Å². The largest absolute Gasteiger partial charge is 0.367 e. The molecule has 1 aromatic rings. The fourth-order valence-electron chi connectivity index (χ4n) is 1.22. The second-order valence-corrected chi connectivity index (χ2v) is 4.22. The average molecular weight is 211 g/mol. The zero-order valence-corrected chi connectivity index (χ0v) is 8.32. The van der Waals surface area contributed by atoms with Crippen LogP contribution in [-0.2, 0) is 0 Å². The number of hydrogen-bond donors (Lipinski definition) is 1. The van der Waals surface area contributed by atoms with Crippen molar-refractivity contribution < 1.29 is 0 Å². The third-order valence-electron chi connectivity index (χ3n) is 1.86. The minimum atomic E-state index is -0.127. The van der Waals surface area contributed by atoms with Crippen molar-refractivity contribution in [1.82, 2.24) is 0 Å². The van der Waals surface area contributed by atoms with Crippen LogP contribution in [0, 0.1) is 11.3 Å². The molecule has 0 saturated carbocycles. The summed E-state index contributed by atoms with van der Waals surface area (Å²) < 4.78 is 0. The molecule has 4 heteroatoms. The summed E-state index contributed by atoms with van der Waals surface area (Å²) in [5, 5.41) is 12.5. The Morgan fingerprint density at radius 1 is 1.62 bits per heavy atom. The molecule has 13 heavy (non-hydrogen) atoms. The van der Waals surface area contributed by atoms with Crippen LogP contribution in [0.3, 0.4) is 0 Å². The molecule has 0 fully saturated rings. The molecule has 1 aliphatic rings. The van der Waals surface area contributed by atoms with Gasteiger partial charge in [-0.2, -0.15) is 5.26 Å². The lowest BCUT2D eigenvalue weighted by atomic mass is 10.2. The Morgan fingerprint density at radius 2 is 2.46 bits per heavy atom. The molecule has 0 aromatic heterocycles. The highest BCUT2D eigenvalue weighted by Gasteiger charge is 2.19. The van der Waals surface area contributed by atoms with Gasteiger partial charge < -0.3 is 5.32 Å². The number of nitriles is 1. The number of thioether (sulfide) groups is 1. The topological polar surface area (TPSA) is 35.8 Å². The minimum Gasteiger partial charge on any atom is -0.367 e. The van der Waals surface area contributed by atoms with Crippen LogP contribution in [0.25, 0.3) is 0 Å². The molecular formula is C9H7ClN2S. The Kier molecular flexibility index (Phi) is 2.34. The first kappa shape index (κ1) is 8.74. The molecule has 1 aromatic carbocycles. The number of fused-ring (bicyclic) bond motifs is 1. The van der Waals surface area contributed by atoms with E-state index in [2.05, 4.69) is 11.4 Å². The summed E-state index contributed by atoms with van der Waals surface area (Å²) >= 11 is 7.65. The molecule has 1 aliphatic heterocycles. The number of hydrogen-bond acceptors (Lipinski definition) is 3. The Morgan fingerprint density at radius 3 is 3.23 bits per heavy atom. The number of anilines is 1. The van der Waals surface area contributed by atoms with Crippen molar-refractivity contribution in [2.75, 3.05) is 11.1 Å². The maximum atomic E-state index is 8.74. The molecule has 1 N–H and O–H groups in total. The zero-order valence-electron chi connectivity index (χ0n) is 6.75. The van der Waals surface area contributed by atoms with Gasteiger partial charge in [-0.15, -0.1) is 11.8 Å². The van der Waals surface area contributed by atoms with E-state index in [1.807, 2.05) is 18.2 Å². The van der Waals surface area contributed by atoms with Crippen LogP contribution < -0.4 is 5.32 Å². The van der Waals surface area contributed by atoms with Crippen LogP contribution in [0.15, 0.2) is 23.1 Å². The van der Waals surface area contributed by atoms with Crippen LogP contribution in [0.2, 0.25) is 5.02 Å². The van der Waals surface area contributed by atoms with E-state index in [9.17, 15) is 0 Å². The van der Waals surface area contributed by atoms with E-state index in [0.29, 0.717) is 5.02 Å². The Hall–Kier alpha value is -0.850. The van der Waals surface area contributed by atoms with Gasteiger partial charge in [0.25, 0.3) is 0 Å². The molecule has 1 unspecified atom stereocenters. The van der Waals surface area contributed by atoms with Gasteiger partial charge in [0.05, 0.1) is 16.8 Å². The Labute approximate surface area is 85.9 Å². The van der Waals surface area contributed by atoms with Crippen LogP contribution in [0.5, 0.6) is 0 Å². The average Bonchev–Trinajstić information content (AvgIpc) is 2.18. The highest BCUT2D eigenvalue weighted by Crippen LogP contribution is 2.37. The van der Waals surface area contributed by atoms with Gasteiger partial charge >= 0.3 is 0 Å². The molecule has 0 radical (unpaired) electrons. The standard InChI is InChI=1S/C9H7ClN2S/c10-7-2-1-3-8-9(7)12-6(4-11)5-13-8/h1-3,6,12H,5H2. The van der Waals surface area contributed by atoms with Gasteiger partial charge in [0.2, 0.25) is 0 Å². The molecule has 0 saturated heterocycles. The fraction of sp³-hybridized carbons (Fsp3) is 0.222. The number of nitrogens with zero attached hydrogens (tertiary/aromatic N) is 1. The number of halogens is 1. The monoisotopic (exact) mass is 210 g/mol. The lowest BCUT2D eigenvalue weighted by Gasteiger charge is -2.22. The summed E-state index contributed by atoms with van der Waals surface area (Å²) in [4.78, 5) is 1.12. The molecule has 66 valence electrons. The van der Waals surface area contributed by atoms with E-state index in [1.165, 1.54) is 0 Å². The normalized spacial score (nSPS) is 19.8. The van der Waals surface area contributed by atoms with E-state index in [4.69, 9.17) is 16.9 Å². The third kappa shape index (κ3) is 1.60. The summed E-state index contributed by atoms with van der Waals surface area (Å²) in [7, 11) is 0. The predicted octanol–water partition coefficient (Wildman–Crippen LogP) is 2.75. The maximum Gasteiger partial charge on any atom is 0.124 e. The Balaban J connectivity index is 2.39. The molecule has 2 nitrogen and oxygen atoms in total. The van der Waals surface area contributed by atoms with E-state index in [1.54, 1.807) is 11.8 Å². The second-order valence-electron chi connectivity index (χ2n) is 2.75. The van der Waals surface area contributed by atoms with Crippen molar-refractivity contribution >= 4 is 29.1 Å².